The lowest BCUT2D eigenvalue weighted by Gasteiger charge is -2.47. The molecule has 3 aliphatic carbocycles. The van der Waals surface area contributed by atoms with Crippen LogP contribution in [0.1, 0.15) is 187 Å². The first-order chi connectivity index (χ1) is 36.2. The molecule has 0 spiro atoms. The van der Waals surface area contributed by atoms with Crippen molar-refractivity contribution in [1.29, 1.82) is 0 Å². The molecule has 392 valence electrons. The van der Waals surface area contributed by atoms with Crippen molar-refractivity contribution in [3.05, 3.63) is 172 Å². The Morgan fingerprint density at radius 2 is 0.896 bits per heavy atom. The van der Waals surface area contributed by atoms with E-state index in [4.69, 9.17) is 4.42 Å². The Bertz CT molecular complexity index is 3700. The van der Waals surface area contributed by atoms with Crippen LogP contribution in [-0.2, 0) is 37.9 Å². The molecule has 3 nitrogen and oxygen atoms in total. The monoisotopic (exact) mass is 1010 g/mol. The van der Waals surface area contributed by atoms with E-state index in [1.54, 1.807) is 0 Å². The molecule has 7 aromatic carbocycles. The van der Waals surface area contributed by atoms with Crippen LogP contribution in [0, 0.1) is 6.92 Å². The minimum Gasteiger partial charge on any atom is -0.468 e. The smallest absolute Gasteiger partial charge is 0.297 e. The maximum Gasteiger partial charge on any atom is 0.297 e. The van der Waals surface area contributed by atoms with E-state index in [2.05, 4.69) is 248 Å². The molecule has 0 radical (unpaired) electrons. The summed E-state index contributed by atoms with van der Waals surface area (Å²) in [5.41, 5.74) is 28.3. The highest BCUT2D eigenvalue weighted by molar-refractivity contribution is 7.00. The van der Waals surface area contributed by atoms with Crippen molar-refractivity contribution in [3.8, 4) is 22.3 Å². The second kappa shape index (κ2) is 16.4. The van der Waals surface area contributed by atoms with Crippen LogP contribution in [0.5, 0.6) is 0 Å². The normalized spacial score (nSPS) is 19.7. The van der Waals surface area contributed by atoms with Crippen LogP contribution >= 0.6 is 0 Å². The first-order valence-corrected chi connectivity index (χ1v) is 29.2. The zero-order valence-corrected chi connectivity index (χ0v) is 49.2. The van der Waals surface area contributed by atoms with E-state index in [0.717, 1.165) is 43.3 Å². The van der Waals surface area contributed by atoms with Crippen molar-refractivity contribution in [1.82, 2.24) is 0 Å². The zero-order chi connectivity index (χ0) is 54.3. The highest BCUT2D eigenvalue weighted by Gasteiger charge is 2.51. The third-order valence-corrected chi connectivity index (χ3v) is 20.2. The minimum absolute atomic E-state index is 0.0167. The fraction of sp³-hybridized carbons (Fsp3) is 0.397. The van der Waals surface area contributed by atoms with Gasteiger partial charge in [0.1, 0.15) is 5.58 Å². The third-order valence-electron chi connectivity index (χ3n) is 20.2. The molecule has 13 rings (SSSR count). The fourth-order valence-corrected chi connectivity index (χ4v) is 14.9. The summed E-state index contributed by atoms with van der Waals surface area (Å²) in [5.74, 6) is 0. The summed E-state index contributed by atoms with van der Waals surface area (Å²) in [7, 11) is 0. The number of hydrogen-bond acceptors (Lipinski definition) is 3. The highest BCUT2D eigenvalue weighted by atomic mass is 16.3. The van der Waals surface area contributed by atoms with Gasteiger partial charge in [-0.25, -0.2) is 0 Å². The lowest BCUT2D eigenvalue weighted by atomic mass is 9.35. The first kappa shape index (κ1) is 50.3. The van der Waals surface area contributed by atoms with Crippen molar-refractivity contribution in [3.63, 3.8) is 0 Å². The molecule has 8 aromatic rings. The van der Waals surface area contributed by atoms with Crippen LogP contribution in [0.2, 0.25) is 0 Å². The van der Waals surface area contributed by atoms with Gasteiger partial charge < -0.3 is 14.2 Å². The summed E-state index contributed by atoms with van der Waals surface area (Å²) in [6.07, 6.45) is 6.90. The molecular formula is C73H81BN2O. The molecule has 0 unspecified atom stereocenters. The molecular weight excluding hydrogens is 932 g/mol. The Morgan fingerprint density at radius 1 is 0.442 bits per heavy atom. The molecule has 2 aliphatic heterocycles. The number of furan rings is 1. The van der Waals surface area contributed by atoms with Crippen molar-refractivity contribution in [2.45, 2.75) is 187 Å². The van der Waals surface area contributed by atoms with Crippen LogP contribution in [0.3, 0.4) is 0 Å². The number of hydrogen-bond donors (Lipinski definition) is 0. The molecule has 3 heterocycles. The van der Waals surface area contributed by atoms with E-state index in [9.17, 15) is 0 Å². The summed E-state index contributed by atoms with van der Waals surface area (Å²) in [5, 5.41) is 1.22. The molecule has 0 saturated carbocycles. The molecule has 1 aromatic heterocycles. The van der Waals surface area contributed by atoms with Crippen LogP contribution < -0.4 is 26.4 Å². The van der Waals surface area contributed by atoms with E-state index >= 15 is 0 Å². The molecule has 0 bridgehead atoms. The fourth-order valence-electron chi connectivity index (χ4n) is 14.9. The van der Waals surface area contributed by atoms with Gasteiger partial charge in [-0.05, 0) is 205 Å². The lowest BCUT2D eigenvalue weighted by molar-refractivity contribution is 0.332. The van der Waals surface area contributed by atoms with Crippen LogP contribution in [0.4, 0.5) is 34.1 Å². The summed E-state index contributed by atoms with van der Waals surface area (Å²) in [6.45, 7) is 38.9. The van der Waals surface area contributed by atoms with Gasteiger partial charge in [0.2, 0.25) is 0 Å². The lowest BCUT2D eigenvalue weighted by Crippen LogP contribution is -2.61. The second-order valence-electron chi connectivity index (χ2n) is 29.4. The number of rotatable bonds is 4. The summed E-state index contributed by atoms with van der Waals surface area (Å²) in [4.78, 5) is 5.41. The highest BCUT2D eigenvalue weighted by Crippen LogP contribution is 2.57. The molecule has 0 saturated heterocycles. The predicted octanol–water partition coefficient (Wildman–Crippen LogP) is 18.5. The largest absolute Gasteiger partial charge is 0.468 e. The zero-order valence-electron chi connectivity index (χ0n) is 49.2. The number of nitrogens with zero attached hydrogens (tertiary/aromatic N) is 2. The van der Waals surface area contributed by atoms with Gasteiger partial charge in [-0.15, -0.1) is 0 Å². The SMILES string of the molecule is Cc1cc2c3c(c1)N(c1ccc4c(c1)C(C)(C)CCC4(C)C)c1c(oc4cc5c(cc14)C(C)(C)CCC5(C)C)B3c1cc3c(cc1N2c1c(-c2ccccc2)cc(C(C)(C)C)cc1-c1ccccc1)C(C)(C)CCC3(C)C. The van der Waals surface area contributed by atoms with E-state index in [1.807, 2.05) is 0 Å². The maximum absolute atomic E-state index is 7.85. The van der Waals surface area contributed by atoms with Gasteiger partial charge in [-0.1, -0.05) is 177 Å². The number of benzene rings is 7. The molecule has 77 heavy (non-hydrogen) atoms. The Kier molecular flexibility index (Phi) is 10.7. The Morgan fingerprint density at radius 3 is 1.42 bits per heavy atom. The van der Waals surface area contributed by atoms with Gasteiger partial charge in [0.05, 0.1) is 17.0 Å². The van der Waals surface area contributed by atoms with Crippen molar-refractivity contribution in [2.24, 2.45) is 0 Å². The molecule has 0 atom stereocenters. The van der Waals surface area contributed by atoms with Crippen LogP contribution in [-0.4, -0.2) is 6.71 Å². The minimum atomic E-state index is -0.170. The number of fused-ring (bicyclic) bond motifs is 9. The topological polar surface area (TPSA) is 19.6 Å². The predicted molar refractivity (Wildman–Crippen MR) is 330 cm³/mol. The molecule has 4 heteroatoms. The van der Waals surface area contributed by atoms with Crippen molar-refractivity contribution >= 4 is 68.4 Å². The van der Waals surface area contributed by atoms with Gasteiger partial charge >= 0.3 is 0 Å². The van der Waals surface area contributed by atoms with E-state index in [0.29, 0.717) is 0 Å². The van der Waals surface area contributed by atoms with Crippen LogP contribution in [0.15, 0.2) is 132 Å². The average Bonchev–Trinajstić information content (AvgIpc) is 3.99. The van der Waals surface area contributed by atoms with Crippen LogP contribution in [0.25, 0.3) is 33.2 Å². The van der Waals surface area contributed by atoms with E-state index in [-0.39, 0.29) is 44.6 Å². The van der Waals surface area contributed by atoms with E-state index in [1.165, 1.54) is 124 Å². The standard InChI is InChI=1S/C73H81BN2O/c1-44-35-60-63-61(36-44)76(64-49(45-23-19-17-20-24-45)37-47(67(2,3)4)38-50(64)46-25-21-18-22-26-46)59-42-56-55(71(11,12)32-33-72(56,13)14)41-58(59)74(63)66-65(51-40-54-57(43-62(51)77-66)73(15,16)34-31-70(54,9)10)75(60)48-27-28-52-53(39-48)69(7,8)30-29-68(52,5)6/h17-28,35-43H,29-34H2,1-16H3. The summed E-state index contributed by atoms with van der Waals surface area (Å²) >= 11 is 0. The molecule has 0 N–H and O–H groups in total. The quantitative estimate of drug-likeness (QED) is 0.164. The van der Waals surface area contributed by atoms with Gasteiger partial charge in [0.15, 0.2) is 0 Å². The maximum atomic E-state index is 7.85. The van der Waals surface area contributed by atoms with Gasteiger partial charge in [-0.2, -0.15) is 0 Å². The summed E-state index contributed by atoms with van der Waals surface area (Å²) < 4.78 is 7.85. The number of anilines is 6. The third kappa shape index (κ3) is 7.56. The molecule has 5 aliphatic rings. The van der Waals surface area contributed by atoms with Gasteiger partial charge in [-0.3, -0.25) is 0 Å². The average molecular weight is 1010 g/mol. The van der Waals surface area contributed by atoms with Gasteiger partial charge in [0.25, 0.3) is 6.71 Å². The number of aryl methyl sites for hydroxylation is 1. The van der Waals surface area contributed by atoms with E-state index < -0.39 is 0 Å². The first-order valence-electron chi connectivity index (χ1n) is 29.2. The Balaban J connectivity index is 1.21. The second-order valence-corrected chi connectivity index (χ2v) is 29.4. The Labute approximate surface area is 461 Å². The van der Waals surface area contributed by atoms with Crippen molar-refractivity contribution in [2.75, 3.05) is 9.80 Å². The van der Waals surface area contributed by atoms with Gasteiger partial charge in [0, 0.05) is 39.3 Å². The van der Waals surface area contributed by atoms with Crippen molar-refractivity contribution < 1.29 is 4.42 Å². The molecule has 0 fully saturated rings. The summed E-state index contributed by atoms with van der Waals surface area (Å²) in [6, 6.07) is 50.4. The Hall–Kier alpha value is -6.26. The molecule has 0 amide bonds.